The number of benzene rings is 3. The summed E-state index contributed by atoms with van der Waals surface area (Å²) in [4.78, 5) is 54.1. The Hall–Kier alpha value is -4.68. The molecule has 1 aromatic heterocycles. The van der Waals surface area contributed by atoms with Crippen molar-refractivity contribution in [1.29, 1.82) is 0 Å². The van der Waals surface area contributed by atoms with Crippen molar-refractivity contribution in [3.8, 4) is 10.9 Å². The zero-order valence-electron chi connectivity index (χ0n) is 27.1. The summed E-state index contributed by atoms with van der Waals surface area (Å²) in [5.41, 5.74) is 2.49. The second-order valence-corrected chi connectivity index (χ2v) is 14.4. The smallest absolute Gasteiger partial charge is 0.278 e. The molecule has 3 N–H and O–H groups in total. The number of aromatic nitrogens is 1. The number of fused-ring (bicyclic) bond motifs is 3. The third kappa shape index (κ3) is 7.56. The molecule has 7 rings (SSSR count). The van der Waals surface area contributed by atoms with Crippen LogP contribution in [0.15, 0.2) is 84.9 Å². The lowest BCUT2D eigenvalue weighted by Gasteiger charge is -2.30. The van der Waals surface area contributed by atoms with Crippen LogP contribution in [0.5, 0.6) is 10.9 Å². The van der Waals surface area contributed by atoms with E-state index < -0.39 is 41.4 Å². The van der Waals surface area contributed by atoms with Crippen molar-refractivity contribution in [3.63, 3.8) is 0 Å². The standard InChI is InChI=1S/C37H37ClFN5O5S/c38-24-16-17-29-32(18-24)50-36(41-29)48-28-20-31-33(45)42-37(35(47)43-49-27-13-6-4-7-14-27)21-23(37)10-5-2-1-3-8-15-30(34(46)44(31)22-28)40-26-12-9-11-25(39)19-26/h4-7,9-14,16-19,23,28,30-31,40H,1-3,8,15,20-22H2,(H,42,45)(H,43,47)/t23-,28-,30+,31+,37-/m1/s1. The summed E-state index contributed by atoms with van der Waals surface area (Å²) in [5.74, 6) is -1.46. The van der Waals surface area contributed by atoms with Gasteiger partial charge in [-0.15, -0.1) is 0 Å². The number of ether oxygens (including phenoxy) is 1. The van der Waals surface area contributed by atoms with E-state index in [4.69, 9.17) is 21.2 Å². The summed E-state index contributed by atoms with van der Waals surface area (Å²) in [6.07, 6.45) is 7.84. The van der Waals surface area contributed by atoms with Crippen molar-refractivity contribution in [2.24, 2.45) is 5.92 Å². The molecule has 0 radical (unpaired) electrons. The van der Waals surface area contributed by atoms with Gasteiger partial charge in [-0.25, -0.2) is 9.37 Å². The Kier molecular flexibility index (Phi) is 9.91. The number of anilines is 1. The number of nitrogens with zero attached hydrogens (tertiary/aromatic N) is 2. The Morgan fingerprint density at radius 2 is 1.92 bits per heavy atom. The first kappa shape index (κ1) is 33.8. The Labute approximate surface area is 297 Å². The molecule has 0 bridgehead atoms. The number of carbonyl (C=O) groups is 3. The lowest BCUT2D eigenvalue weighted by molar-refractivity contribution is -0.141. The highest BCUT2D eigenvalue weighted by molar-refractivity contribution is 7.20. The molecule has 1 saturated carbocycles. The quantitative estimate of drug-likeness (QED) is 0.149. The number of hydroxylamine groups is 1. The third-order valence-corrected chi connectivity index (χ3v) is 10.6. The summed E-state index contributed by atoms with van der Waals surface area (Å²) in [5, 5.41) is 7.24. The average molecular weight is 718 g/mol. The number of nitrogens with one attached hydrogen (secondary N) is 3. The molecule has 50 heavy (non-hydrogen) atoms. The van der Waals surface area contributed by atoms with Crippen molar-refractivity contribution in [2.45, 2.75) is 68.7 Å². The van der Waals surface area contributed by atoms with E-state index in [1.807, 2.05) is 30.4 Å². The molecule has 3 amide bonds. The maximum Gasteiger partial charge on any atom is 0.278 e. The Balaban J connectivity index is 1.16. The van der Waals surface area contributed by atoms with Crippen molar-refractivity contribution >= 4 is 56.6 Å². The van der Waals surface area contributed by atoms with Gasteiger partial charge in [0.1, 0.15) is 29.5 Å². The van der Waals surface area contributed by atoms with Gasteiger partial charge in [-0.05, 0) is 74.2 Å². The summed E-state index contributed by atoms with van der Waals surface area (Å²) < 4.78 is 21.3. The van der Waals surface area contributed by atoms with Crippen LogP contribution in [-0.2, 0) is 14.4 Å². The molecular weight excluding hydrogens is 681 g/mol. The summed E-state index contributed by atoms with van der Waals surface area (Å²) >= 11 is 7.52. The number of para-hydroxylation sites is 1. The Bertz CT molecular complexity index is 1910. The van der Waals surface area contributed by atoms with E-state index in [9.17, 15) is 18.8 Å². The summed E-state index contributed by atoms with van der Waals surface area (Å²) in [7, 11) is 0. The first-order valence-corrected chi connectivity index (χ1v) is 18.0. The number of carbonyl (C=O) groups excluding carboxylic acids is 3. The van der Waals surface area contributed by atoms with Gasteiger partial charge >= 0.3 is 0 Å². The van der Waals surface area contributed by atoms with E-state index in [2.05, 4.69) is 21.1 Å². The number of thiazole rings is 1. The third-order valence-electron chi connectivity index (χ3n) is 9.41. The van der Waals surface area contributed by atoms with Gasteiger partial charge in [-0.3, -0.25) is 14.4 Å². The number of halogens is 2. The predicted octanol–water partition coefficient (Wildman–Crippen LogP) is 6.42. The summed E-state index contributed by atoms with van der Waals surface area (Å²) in [6, 6.07) is 18.6. The van der Waals surface area contributed by atoms with Crippen molar-refractivity contribution in [2.75, 3.05) is 11.9 Å². The SMILES string of the molecule is O=C1N[C@]2(C(=O)NOc3ccccc3)C[C@H]2C=CCCCCC[C@H](Nc2cccc(F)c2)C(=O)N2C[C@H](Oc3nc4ccc(Cl)cc4s3)C[C@@H]12. The van der Waals surface area contributed by atoms with Crippen molar-refractivity contribution in [1.82, 2.24) is 20.7 Å². The fraction of sp³-hybridized carbons (Fsp3) is 0.351. The number of amides is 3. The van der Waals surface area contributed by atoms with Crippen LogP contribution in [0.25, 0.3) is 10.2 Å². The second-order valence-electron chi connectivity index (χ2n) is 13.0. The summed E-state index contributed by atoms with van der Waals surface area (Å²) in [6.45, 7) is 0.120. The molecule has 0 unspecified atom stereocenters. The van der Waals surface area contributed by atoms with Crippen LogP contribution in [0.2, 0.25) is 5.02 Å². The number of rotatable bonds is 7. The molecule has 2 aliphatic heterocycles. The van der Waals surface area contributed by atoms with Crippen LogP contribution in [0.4, 0.5) is 10.1 Å². The minimum atomic E-state index is -1.25. The zero-order chi connectivity index (χ0) is 34.7. The Morgan fingerprint density at radius 1 is 1.06 bits per heavy atom. The fourth-order valence-corrected chi connectivity index (χ4v) is 7.86. The molecule has 3 aliphatic rings. The van der Waals surface area contributed by atoms with Crippen LogP contribution < -0.4 is 25.7 Å². The minimum absolute atomic E-state index is 0.120. The first-order valence-electron chi connectivity index (χ1n) is 16.8. The maximum atomic E-state index is 14.4. The van der Waals surface area contributed by atoms with E-state index in [1.54, 1.807) is 42.5 Å². The highest BCUT2D eigenvalue weighted by atomic mass is 35.5. The Morgan fingerprint density at radius 3 is 2.76 bits per heavy atom. The maximum absolute atomic E-state index is 14.4. The number of allylic oxidation sites excluding steroid dienone is 1. The van der Waals surface area contributed by atoms with Crippen LogP contribution in [0.3, 0.4) is 0 Å². The normalized spacial score (nSPS) is 25.4. The molecule has 13 heteroatoms. The van der Waals surface area contributed by atoms with Gasteiger partial charge in [-0.2, -0.15) is 5.48 Å². The van der Waals surface area contributed by atoms with Crippen molar-refractivity contribution < 1.29 is 28.3 Å². The van der Waals surface area contributed by atoms with Gasteiger partial charge in [0.25, 0.3) is 11.1 Å². The van der Waals surface area contributed by atoms with Gasteiger partial charge in [0.15, 0.2) is 5.75 Å². The van der Waals surface area contributed by atoms with Gasteiger partial charge in [-0.1, -0.05) is 72.2 Å². The number of hydrogen-bond acceptors (Lipinski definition) is 8. The van der Waals surface area contributed by atoms with E-state index in [-0.39, 0.29) is 24.8 Å². The van der Waals surface area contributed by atoms with Crippen LogP contribution in [0.1, 0.15) is 44.9 Å². The van der Waals surface area contributed by atoms with E-state index in [0.29, 0.717) is 34.5 Å². The van der Waals surface area contributed by atoms with E-state index in [0.717, 1.165) is 35.9 Å². The second kappa shape index (κ2) is 14.7. The molecule has 3 heterocycles. The van der Waals surface area contributed by atoms with Gasteiger partial charge < -0.3 is 25.1 Å². The topological polar surface area (TPSA) is 122 Å². The average Bonchev–Trinajstić information content (AvgIpc) is 3.40. The van der Waals surface area contributed by atoms with Gasteiger partial charge in [0.2, 0.25) is 11.8 Å². The molecule has 10 nitrogen and oxygen atoms in total. The zero-order valence-corrected chi connectivity index (χ0v) is 28.7. The monoisotopic (exact) mass is 717 g/mol. The predicted molar refractivity (Wildman–Crippen MR) is 189 cm³/mol. The van der Waals surface area contributed by atoms with Gasteiger partial charge in [0, 0.05) is 23.0 Å². The van der Waals surface area contributed by atoms with Crippen LogP contribution in [0, 0.1) is 11.7 Å². The minimum Gasteiger partial charge on any atom is -0.465 e. The van der Waals surface area contributed by atoms with E-state index in [1.165, 1.54) is 28.4 Å². The molecular formula is C37H37ClFN5O5S. The number of hydrogen-bond donors (Lipinski definition) is 3. The lowest BCUT2D eigenvalue weighted by Crippen LogP contribution is -2.57. The molecule has 260 valence electrons. The molecule has 1 aliphatic carbocycles. The molecule has 1 saturated heterocycles. The lowest BCUT2D eigenvalue weighted by atomic mass is 10.0. The molecule has 2 fully saturated rings. The van der Waals surface area contributed by atoms with Crippen LogP contribution in [-0.4, -0.2) is 57.9 Å². The molecule has 0 spiro atoms. The molecule has 5 atom stereocenters. The highest BCUT2D eigenvalue weighted by Crippen LogP contribution is 2.45. The highest BCUT2D eigenvalue weighted by Gasteiger charge is 2.61. The van der Waals surface area contributed by atoms with Crippen LogP contribution >= 0.6 is 22.9 Å². The first-order chi connectivity index (χ1) is 24.3. The van der Waals surface area contributed by atoms with Crippen molar-refractivity contribution in [3.05, 3.63) is 95.8 Å². The van der Waals surface area contributed by atoms with E-state index >= 15 is 0 Å². The fourth-order valence-electron chi connectivity index (χ4n) is 6.70. The van der Waals surface area contributed by atoms with Gasteiger partial charge in [0.05, 0.1) is 16.8 Å². The molecule has 3 aromatic carbocycles. The molecule has 4 aromatic rings. The largest absolute Gasteiger partial charge is 0.465 e.